The van der Waals surface area contributed by atoms with E-state index >= 15 is 0 Å². The number of imidazole rings is 4. The molecule has 148 heavy (non-hydrogen) atoms. The number of rotatable bonds is 13. The first-order valence-corrected chi connectivity index (χ1v) is 48.0. The van der Waals surface area contributed by atoms with Crippen LogP contribution in [-0.4, -0.2) is 167 Å². The number of benzene rings is 6. The van der Waals surface area contributed by atoms with Crippen LogP contribution in [0.15, 0.2) is 178 Å². The van der Waals surface area contributed by atoms with Crippen LogP contribution in [0.2, 0.25) is 85.4 Å². The summed E-state index contributed by atoms with van der Waals surface area (Å²) in [7, 11) is 4.48. The molecule has 37 nitrogen and oxygen atoms in total. The van der Waals surface area contributed by atoms with Crippen LogP contribution in [0.1, 0.15) is 61.3 Å². The molecule has 17 rings (SSSR count). The number of carbonyl (C=O) groups excluding carboxylic acids is 2. The molecule has 0 unspecified atom stereocenters. The first-order valence-electron chi connectivity index (χ1n) is 39.7. The number of nitrogens with zero attached hydrogens (tertiary/aromatic N) is 16. The number of carbonyl (C=O) groups is 4. The summed E-state index contributed by atoms with van der Waals surface area (Å²) < 4.78 is 37.5. The number of phenolic OH excluding ortho intramolecular Hbond substituents is 3. The molecule has 17 aromatic rings. The molecule has 0 saturated heterocycles. The SMILES string of the molecule is CCOC(=O)C(=O)CBr.COc1cc(Cl)c(-c2noc(-c3cn4cc(C)cc(Cl)c4n3)n2)cc1Cl.COc1cc(Cl)c(/C(N)=N/O)cc1Cl.Cc1cc(Cl)c2nc(-c3nc(-c4cc(Cl)c(O)cc4Cl)no3)cn2c1.Cc1cc(Cl)c2nc(C(=O)O)cn2c1.Cc1cc(Cl)c2nc(C(=O)O)cn2c1.Cc1cnc(N)c(Cl)c1.NO.Oc1cc(Cl)c(Br)cc1Cl.[C-]#[N+]c1cc(Cl)c(O)cc1Cl.[C-]#[N+]c1cc(Cl)c(OC)cc1Cl.[Na+].[OH-]. The summed E-state index contributed by atoms with van der Waals surface area (Å²) in [6.45, 7) is 24.9. The third-order valence-corrected chi connectivity index (χ3v) is 24.2. The van der Waals surface area contributed by atoms with Gasteiger partial charge in [-0.15, -0.1) is 0 Å². The third-order valence-electron chi connectivity index (χ3n) is 17.8. The Morgan fingerprint density at radius 2 is 0.777 bits per heavy atom. The maximum Gasteiger partial charge on any atom is 1.00 e. The quantitative estimate of drug-likeness (QED) is 0.00490. The Labute approximate surface area is 963 Å². The number of hydrogen-bond acceptors (Lipinski definition) is 28. The van der Waals surface area contributed by atoms with Gasteiger partial charge in [0.15, 0.2) is 39.8 Å². The Morgan fingerprint density at radius 1 is 0.439 bits per heavy atom. The second-order valence-electron chi connectivity index (χ2n) is 28.3. The van der Waals surface area contributed by atoms with E-state index in [0.29, 0.717) is 150 Å². The van der Waals surface area contributed by atoms with Gasteiger partial charge in [-0.1, -0.05) is 229 Å². The Hall–Kier alpha value is -10.8. The van der Waals surface area contributed by atoms with Crippen LogP contribution in [0.25, 0.3) is 78.2 Å². The van der Waals surface area contributed by atoms with Crippen molar-refractivity contribution in [3.8, 4) is 80.4 Å². The molecule has 6 aromatic carbocycles. The molecule has 0 aliphatic heterocycles. The van der Waals surface area contributed by atoms with Gasteiger partial charge in [-0.05, 0) is 164 Å². The monoisotopic (exact) mass is 2490 g/mol. The Morgan fingerprint density at radius 3 is 1.16 bits per heavy atom. The normalized spacial score (nSPS) is 10.3. The predicted octanol–water partition coefficient (Wildman–Crippen LogP) is 25.0. The molecule has 0 bridgehead atoms. The number of aromatic carboxylic acids is 2. The van der Waals surface area contributed by atoms with Crippen molar-refractivity contribution in [2.75, 3.05) is 39.0 Å². The van der Waals surface area contributed by atoms with Crippen LogP contribution in [-0.2, 0) is 14.3 Å². The number of anilines is 1. The van der Waals surface area contributed by atoms with Crippen LogP contribution in [0.5, 0.6) is 34.5 Å². The van der Waals surface area contributed by atoms with Gasteiger partial charge in [0.25, 0.3) is 11.8 Å². The van der Waals surface area contributed by atoms with Crippen molar-refractivity contribution in [1.82, 2.24) is 62.8 Å². The standard InChI is InChI=1S/C17H11Cl3N4O2.C16H9Cl3N4O2.2C9H7ClN2O2.C8H8Cl2N2O2.C8H5Cl2NO.C7H3Cl2NO.C6H3BrCl2O.C6H7ClN2.C5H7BrO3.H3NO.Na.H2O/c1-8-3-12(20)16-21-13(7-24(16)6-8)17-22-15(23-26-17)9-4-11(19)14(25-2)5-10(9)18;1-7-2-11(19)15-20-12(6-23(15)5-7)16-21-14(22-25-16)8-3-10(18)13(24)4-9(8)17;2*1-5-2-6(10)8-11-7(9(13)14)4-12(8)3-5;1-14-7-3-5(9)4(2-6(7)10)8(11)12-13;1-11-7-3-6(10)8(12-2)4-5(7)9;1-10-6-2-5(9)7(11)3-4(6)8;7-3-1-5(9)6(10)2-4(3)8;1-4-2-5(7)6(8)9-3-4;1-2-9-5(8)4(7)3-6;1-2;;/h3-7H,1-2H3;2-6,24H,1H3;2*2-4H,1H3,(H,13,14);2-3,13H,1H3,(H2,11,12);3-4H,2H3;2-3,11H;1-2,10H;2-3H,1H3,(H2,8,9);2-3H2,1H3;2H,1H2;;1H2/q;;;;;;;;;;;+1;/p-1. The number of Topliss-reactive ketones (excluding diaryl/α,β-unsaturated/α-hetero) is 1. The van der Waals surface area contributed by atoms with Crippen molar-refractivity contribution >= 4 is 298 Å². The van der Waals surface area contributed by atoms with Gasteiger partial charge in [-0.3, -0.25) is 4.79 Å². The van der Waals surface area contributed by atoms with Crippen molar-refractivity contribution < 1.29 is 118 Å². The summed E-state index contributed by atoms with van der Waals surface area (Å²) in [6.07, 6.45) is 15.4. The van der Waals surface area contributed by atoms with E-state index in [1.807, 2.05) is 63.5 Å². The Balaban J connectivity index is 0.000000295. The van der Waals surface area contributed by atoms with Gasteiger partial charge in [-0.2, -0.15) is 9.97 Å². The van der Waals surface area contributed by atoms with Gasteiger partial charge in [0.05, 0.1) is 132 Å². The first kappa shape index (κ1) is 128. The van der Waals surface area contributed by atoms with Crippen LogP contribution in [0.3, 0.4) is 0 Å². The number of ketones is 1. The van der Waals surface area contributed by atoms with Crippen molar-refractivity contribution in [3.05, 3.63) is 316 Å². The molecule has 772 valence electrons. The second kappa shape index (κ2) is 60.3. The van der Waals surface area contributed by atoms with Crippen molar-refractivity contribution in [2.24, 2.45) is 16.8 Å². The summed E-state index contributed by atoms with van der Waals surface area (Å²) in [6, 6.07) is 26.4. The number of amidine groups is 1. The molecule has 0 spiro atoms. The first-order chi connectivity index (χ1) is 69.0. The molecular formula is C91H71Br2Cl17N19NaO18. The fourth-order valence-corrected chi connectivity index (χ4v) is 15.9. The molecule has 0 radical (unpaired) electrons. The average Bonchev–Trinajstić information content (AvgIpc) is 1.65. The van der Waals surface area contributed by atoms with Gasteiger partial charge in [0.2, 0.25) is 28.8 Å². The molecule has 0 aliphatic carbocycles. The fraction of sp³-hybridized carbons (Fsp3) is 0.121. The molecule has 0 aliphatic rings. The maximum atomic E-state index is 10.6. The average molecular weight is 2500 g/mol. The molecule has 11 aromatic heterocycles. The number of oxime groups is 1. The van der Waals surface area contributed by atoms with Crippen LogP contribution < -0.4 is 61.1 Å². The molecule has 0 amide bonds. The van der Waals surface area contributed by atoms with Gasteiger partial charge < -0.3 is 98.5 Å². The van der Waals surface area contributed by atoms with Gasteiger partial charge >= 0.3 is 47.5 Å². The predicted molar refractivity (Wildman–Crippen MR) is 576 cm³/mol. The third kappa shape index (κ3) is 35.7. The number of carboxylic acids is 2. The van der Waals surface area contributed by atoms with Gasteiger partial charge in [-0.25, -0.2) is 54.9 Å². The van der Waals surface area contributed by atoms with E-state index < -0.39 is 23.7 Å². The van der Waals surface area contributed by atoms with E-state index in [1.54, 1.807) is 87.5 Å². The number of pyridine rings is 5. The minimum Gasteiger partial charge on any atom is -0.870 e. The number of aromatic hydroxyl groups is 3. The smallest absolute Gasteiger partial charge is 0.870 e. The van der Waals surface area contributed by atoms with Gasteiger partial charge in [0, 0.05) is 101 Å². The molecule has 11 heterocycles. The zero-order valence-electron chi connectivity index (χ0n) is 77.2. The number of alkyl halides is 1. The molecule has 0 atom stereocenters. The van der Waals surface area contributed by atoms with Crippen LogP contribution in [0, 0.1) is 47.8 Å². The number of methoxy groups -OCH3 is 3. The Bertz CT molecular complexity index is 7640. The number of ether oxygens (including phenoxy) is 4. The summed E-state index contributed by atoms with van der Waals surface area (Å²) in [4.78, 5) is 77.5. The maximum absolute atomic E-state index is 10.6. The van der Waals surface area contributed by atoms with Gasteiger partial charge in [0.1, 0.15) is 51.7 Å². The van der Waals surface area contributed by atoms with E-state index in [2.05, 4.69) is 103 Å². The largest absolute Gasteiger partial charge is 1.00 e. The van der Waals surface area contributed by atoms with E-state index in [0.717, 1.165) is 27.8 Å². The molecule has 0 saturated carbocycles. The van der Waals surface area contributed by atoms with E-state index in [4.69, 9.17) is 276 Å². The Kier molecular flexibility index (Phi) is 52.0. The van der Waals surface area contributed by atoms with E-state index in [9.17, 15) is 24.3 Å². The number of aryl methyl sites for hydroxylation is 5. The molecule has 14 N–H and O–H groups in total. The zero-order chi connectivity index (χ0) is 109. The number of nitrogen functional groups attached to an aromatic ring is 1. The minimum atomic E-state index is -1.05. The summed E-state index contributed by atoms with van der Waals surface area (Å²) in [5.41, 5.74) is 20.7. The number of halogens is 19. The number of esters is 1. The number of phenols is 3. The van der Waals surface area contributed by atoms with E-state index in [-0.39, 0.29) is 130 Å². The summed E-state index contributed by atoms with van der Waals surface area (Å²) in [5, 5.41) is 76.9. The van der Waals surface area contributed by atoms with Crippen molar-refractivity contribution in [2.45, 2.75) is 41.5 Å². The molecule has 0 fully saturated rings. The zero-order valence-corrected chi connectivity index (χ0v) is 95.2. The minimum absolute atomic E-state index is 0. The summed E-state index contributed by atoms with van der Waals surface area (Å²) >= 11 is 106. The number of aromatic nitrogens is 13. The number of hydrogen-bond donors (Lipinski definition) is 10. The van der Waals surface area contributed by atoms with Crippen LogP contribution >= 0.6 is 229 Å². The second-order valence-corrected chi connectivity index (χ2v) is 36.7. The number of fused-ring (bicyclic) bond motifs is 4. The van der Waals surface area contributed by atoms with Crippen LogP contribution in [0.4, 0.5) is 17.2 Å². The summed E-state index contributed by atoms with van der Waals surface area (Å²) in [5.74, 6) is 2.53. The van der Waals surface area contributed by atoms with Crippen molar-refractivity contribution in [3.63, 3.8) is 0 Å². The van der Waals surface area contributed by atoms with E-state index in [1.165, 1.54) is 88.3 Å². The topological polar surface area (TPSA) is 536 Å². The molecule has 57 heteroatoms. The fourth-order valence-electron chi connectivity index (χ4n) is 11.2. The molecular weight excluding hydrogens is 2430 g/mol. The number of carboxylic acid groups (broad SMARTS) is 2. The number of nitrogens with two attached hydrogens (primary N) is 3. The van der Waals surface area contributed by atoms with Crippen molar-refractivity contribution in [1.29, 1.82) is 0 Å².